The van der Waals surface area contributed by atoms with E-state index in [-0.39, 0.29) is 0 Å². The molecule has 1 aromatic carbocycles. The van der Waals surface area contributed by atoms with Crippen molar-refractivity contribution in [2.45, 2.75) is 40.3 Å². The Bertz CT molecular complexity index is 549. The van der Waals surface area contributed by atoms with E-state index >= 15 is 0 Å². The first kappa shape index (κ1) is 14.6. The Balaban J connectivity index is 2.04. The van der Waals surface area contributed by atoms with Gasteiger partial charge in [-0.25, -0.2) is 0 Å². The van der Waals surface area contributed by atoms with Gasteiger partial charge in [-0.2, -0.15) is 0 Å². The van der Waals surface area contributed by atoms with E-state index in [4.69, 9.17) is 9.26 Å². The van der Waals surface area contributed by atoms with E-state index in [0.717, 1.165) is 42.3 Å². The fraction of sp³-hybridized carbons (Fsp3) is 0.438. The molecule has 108 valence electrons. The van der Waals surface area contributed by atoms with Gasteiger partial charge in [0, 0.05) is 18.2 Å². The minimum atomic E-state index is 0.434. The number of rotatable bonds is 7. The van der Waals surface area contributed by atoms with Gasteiger partial charge in [0.05, 0.1) is 0 Å². The van der Waals surface area contributed by atoms with Gasteiger partial charge in [-0.1, -0.05) is 30.3 Å². The van der Waals surface area contributed by atoms with Crippen molar-refractivity contribution in [3.63, 3.8) is 0 Å². The number of aryl methyl sites for hydroxylation is 2. The molecule has 1 heterocycles. The maximum Gasteiger partial charge on any atom is 0.134 e. The average Bonchev–Trinajstić information content (AvgIpc) is 2.84. The van der Waals surface area contributed by atoms with Crippen molar-refractivity contribution in [1.82, 2.24) is 10.5 Å². The first-order valence-electron chi connectivity index (χ1n) is 7.05. The molecule has 0 spiro atoms. The summed E-state index contributed by atoms with van der Waals surface area (Å²) in [6, 6.07) is 8.12. The molecule has 2 aromatic rings. The number of nitrogens with zero attached hydrogens (tertiary/aromatic N) is 1. The second-order valence-electron chi connectivity index (χ2n) is 4.96. The molecule has 0 unspecified atom stereocenters. The summed E-state index contributed by atoms with van der Waals surface area (Å²) < 4.78 is 11.0. The third kappa shape index (κ3) is 3.84. The Morgan fingerprint density at radius 1 is 1.30 bits per heavy atom. The van der Waals surface area contributed by atoms with Gasteiger partial charge < -0.3 is 14.6 Å². The lowest BCUT2D eigenvalue weighted by atomic mass is 10.1. The van der Waals surface area contributed by atoms with E-state index in [9.17, 15) is 0 Å². The molecule has 0 radical (unpaired) electrons. The molecule has 2 rings (SSSR count). The molecule has 4 heteroatoms. The van der Waals surface area contributed by atoms with E-state index in [2.05, 4.69) is 42.5 Å². The summed E-state index contributed by atoms with van der Waals surface area (Å²) in [5, 5.41) is 7.36. The SMILES string of the molecule is CCCNCc1cccc(C)c1OCc1cc(C)on1. The summed E-state index contributed by atoms with van der Waals surface area (Å²) in [5.41, 5.74) is 3.14. The van der Waals surface area contributed by atoms with E-state index < -0.39 is 0 Å². The predicted octanol–water partition coefficient (Wildman–Crippen LogP) is 3.37. The van der Waals surface area contributed by atoms with Crippen LogP contribution in [-0.4, -0.2) is 11.7 Å². The van der Waals surface area contributed by atoms with Crippen LogP contribution >= 0.6 is 0 Å². The fourth-order valence-corrected chi connectivity index (χ4v) is 2.09. The van der Waals surface area contributed by atoms with Gasteiger partial charge in [0.25, 0.3) is 0 Å². The van der Waals surface area contributed by atoms with Gasteiger partial charge >= 0.3 is 0 Å². The van der Waals surface area contributed by atoms with Crippen LogP contribution in [0.1, 0.15) is 35.9 Å². The van der Waals surface area contributed by atoms with Crippen molar-refractivity contribution in [3.8, 4) is 5.75 Å². The Morgan fingerprint density at radius 3 is 2.85 bits per heavy atom. The van der Waals surface area contributed by atoms with Crippen LogP contribution in [0.5, 0.6) is 5.75 Å². The lowest BCUT2D eigenvalue weighted by Crippen LogP contribution is -2.15. The van der Waals surface area contributed by atoms with Crippen LogP contribution in [0.2, 0.25) is 0 Å². The van der Waals surface area contributed by atoms with Crippen LogP contribution < -0.4 is 10.1 Å². The molecule has 0 saturated heterocycles. The number of hydrogen-bond acceptors (Lipinski definition) is 4. The smallest absolute Gasteiger partial charge is 0.134 e. The molecule has 1 N–H and O–H groups in total. The third-order valence-electron chi connectivity index (χ3n) is 3.08. The topological polar surface area (TPSA) is 47.3 Å². The standard InChI is InChI=1S/C16H22N2O2/c1-4-8-17-10-14-7-5-6-12(2)16(14)19-11-15-9-13(3)20-18-15/h5-7,9,17H,4,8,10-11H2,1-3H3. The molecule has 4 nitrogen and oxygen atoms in total. The highest BCUT2D eigenvalue weighted by Crippen LogP contribution is 2.24. The molecule has 0 saturated carbocycles. The normalized spacial score (nSPS) is 10.8. The van der Waals surface area contributed by atoms with E-state index in [1.165, 1.54) is 5.56 Å². The van der Waals surface area contributed by atoms with Crippen molar-refractivity contribution in [1.29, 1.82) is 0 Å². The van der Waals surface area contributed by atoms with Crippen LogP contribution in [0.4, 0.5) is 0 Å². The quantitative estimate of drug-likeness (QED) is 0.786. The molecule has 0 atom stereocenters. The summed E-state index contributed by atoms with van der Waals surface area (Å²) in [4.78, 5) is 0. The van der Waals surface area contributed by atoms with Gasteiger partial charge in [0.2, 0.25) is 0 Å². The van der Waals surface area contributed by atoms with E-state index in [1.807, 2.05) is 13.0 Å². The monoisotopic (exact) mass is 274 g/mol. The van der Waals surface area contributed by atoms with Gasteiger partial charge in [0.1, 0.15) is 23.8 Å². The Morgan fingerprint density at radius 2 is 2.15 bits per heavy atom. The number of benzene rings is 1. The molecule has 0 fully saturated rings. The Kier molecular flexibility index (Phi) is 5.18. The number of ether oxygens (including phenoxy) is 1. The van der Waals surface area contributed by atoms with Crippen molar-refractivity contribution < 1.29 is 9.26 Å². The van der Waals surface area contributed by atoms with Crippen molar-refractivity contribution in [2.24, 2.45) is 0 Å². The number of nitrogens with one attached hydrogen (secondary N) is 1. The largest absolute Gasteiger partial charge is 0.487 e. The lowest BCUT2D eigenvalue weighted by Gasteiger charge is -2.13. The summed E-state index contributed by atoms with van der Waals surface area (Å²) in [5.74, 6) is 1.75. The van der Waals surface area contributed by atoms with Gasteiger partial charge in [-0.3, -0.25) is 0 Å². The summed E-state index contributed by atoms with van der Waals surface area (Å²) in [6.45, 7) is 8.37. The maximum atomic E-state index is 5.94. The van der Waals surface area contributed by atoms with Crippen molar-refractivity contribution in [3.05, 3.63) is 46.8 Å². The predicted molar refractivity (Wildman–Crippen MR) is 78.7 cm³/mol. The fourth-order valence-electron chi connectivity index (χ4n) is 2.09. The van der Waals surface area contributed by atoms with Crippen LogP contribution in [0, 0.1) is 13.8 Å². The lowest BCUT2D eigenvalue weighted by molar-refractivity contribution is 0.283. The zero-order chi connectivity index (χ0) is 14.4. The molecule has 20 heavy (non-hydrogen) atoms. The van der Waals surface area contributed by atoms with Crippen molar-refractivity contribution in [2.75, 3.05) is 6.54 Å². The number of hydrogen-bond donors (Lipinski definition) is 1. The molecule has 0 aliphatic heterocycles. The minimum absolute atomic E-state index is 0.434. The van der Waals surface area contributed by atoms with E-state index in [1.54, 1.807) is 0 Å². The average molecular weight is 274 g/mol. The first-order chi connectivity index (χ1) is 9.70. The van der Waals surface area contributed by atoms with Crippen molar-refractivity contribution >= 4 is 0 Å². The summed E-state index contributed by atoms with van der Waals surface area (Å²) >= 11 is 0. The maximum absolute atomic E-state index is 5.94. The minimum Gasteiger partial charge on any atom is -0.487 e. The molecular weight excluding hydrogens is 252 g/mol. The highest BCUT2D eigenvalue weighted by molar-refractivity contribution is 5.40. The van der Waals surface area contributed by atoms with Crippen LogP contribution in [0.15, 0.2) is 28.8 Å². The van der Waals surface area contributed by atoms with E-state index in [0.29, 0.717) is 6.61 Å². The Hall–Kier alpha value is -1.81. The Labute approximate surface area is 120 Å². The first-order valence-corrected chi connectivity index (χ1v) is 7.05. The number of para-hydroxylation sites is 1. The molecular formula is C16H22N2O2. The molecule has 0 aliphatic carbocycles. The zero-order valence-electron chi connectivity index (χ0n) is 12.4. The second kappa shape index (κ2) is 7.10. The van der Waals surface area contributed by atoms with Crippen LogP contribution in [-0.2, 0) is 13.2 Å². The van der Waals surface area contributed by atoms with Crippen LogP contribution in [0.25, 0.3) is 0 Å². The van der Waals surface area contributed by atoms with Gasteiger partial charge in [-0.05, 0) is 32.4 Å². The van der Waals surface area contributed by atoms with Gasteiger partial charge in [-0.15, -0.1) is 0 Å². The van der Waals surface area contributed by atoms with Crippen LogP contribution in [0.3, 0.4) is 0 Å². The highest BCUT2D eigenvalue weighted by atomic mass is 16.5. The molecule has 1 aromatic heterocycles. The molecule has 0 bridgehead atoms. The van der Waals surface area contributed by atoms with Gasteiger partial charge in [0.15, 0.2) is 0 Å². The second-order valence-corrected chi connectivity index (χ2v) is 4.96. The highest BCUT2D eigenvalue weighted by Gasteiger charge is 2.08. The molecule has 0 amide bonds. The molecule has 0 aliphatic rings. The zero-order valence-corrected chi connectivity index (χ0v) is 12.4. The number of aromatic nitrogens is 1. The third-order valence-corrected chi connectivity index (χ3v) is 3.08. The summed E-state index contributed by atoms with van der Waals surface area (Å²) in [6.07, 6.45) is 1.13. The summed E-state index contributed by atoms with van der Waals surface area (Å²) in [7, 11) is 0.